The smallest absolute Gasteiger partial charge is 0.408 e. The summed E-state index contributed by atoms with van der Waals surface area (Å²) in [5.74, 6) is -3.19. The van der Waals surface area contributed by atoms with Crippen LogP contribution in [-0.2, 0) is 36.9 Å². The topological polar surface area (TPSA) is 134 Å². The molecule has 0 aliphatic carbocycles. The van der Waals surface area contributed by atoms with Gasteiger partial charge in [-0.2, -0.15) is 0 Å². The zero-order valence-corrected chi connectivity index (χ0v) is 27.5. The van der Waals surface area contributed by atoms with Crippen molar-refractivity contribution in [2.45, 2.75) is 71.7 Å². The van der Waals surface area contributed by atoms with Gasteiger partial charge in [0.05, 0.1) is 6.04 Å². The number of rotatable bonds is 15. The molecule has 0 spiro atoms. The van der Waals surface area contributed by atoms with Gasteiger partial charge in [-0.15, -0.1) is 0 Å². The van der Waals surface area contributed by atoms with Crippen LogP contribution < -0.4 is 16.0 Å². The molecule has 4 unspecified atom stereocenters. The summed E-state index contributed by atoms with van der Waals surface area (Å²) in [7, 11) is 3.16. The first kappa shape index (κ1) is 35.7. The molecular weight excluding hydrogens is 584 g/mol. The minimum atomic E-state index is -1.18. The first-order valence-electron chi connectivity index (χ1n) is 15.7. The summed E-state index contributed by atoms with van der Waals surface area (Å²) >= 11 is 0. The average Bonchev–Trinajstić information content (AvgIpc) is 3.04. The summed E-state index contributed by atoms with van der Waals surface area (Å²) in [5.41, 5.74) is 1.61. The second kappa shape index (κ2) is 17.1. The van der Waals surface area contributed by atoms with E-state index in [1.807, 2.05) is 93.6 Å². The molecule has 0 saturated heterocycles. The summed E-state index contributed by atoms with van der Waals surface area (Å²) in [6, 6.07) is 19.6. The quantitative estimate of drug-likeness (QED) is 0.213. The predicted molar refractivity (Wildman–Crippen MR) is 178 cm³/mol. The van der Waals surface area contributed by atoms with Gasteiger partial charge in [0.15, 0.2) is 0 Å². The Bertz CT molecular complexity index is 1510. The first-order valence-corrected chi connectivity index (χ1v) is 15.7. The van der Waals surface area contributed by atoms with E-state index in [0.717, 1.165) is 21.9 Å². The van der Waals surface area contributed by atoms with E-state index < -0.39 is 47.7 Å². The fourth-order valence-corrected chi connectivity index (χ4v) is 5.05. The summed E-state index contributed by atoms with van der Waals surface area (Å²) in [5, 5.41) is 10.00. The Morgan fingerprint density at radius 3 is 2.04 bits per heavy atom. The molecule has 4 atom stereocenters. The molecule has 10 nitrogen and oxygen atoms in total. The molecule has 46 heavy (non-hydrogen) atoms. The normalized spacial score (nSPS) is 13.6. The molecule has 3 aromatic rings. The third-order valence-corrected chi connectivity index (χ3v) is 7.84. The number of nitrogens with one attached hydrogen (secondary N) is 3. The van der Waals surface area contributed by atoms with Crippen LogP contribution in [0.1, 0.15) is 51.7 Å². The number of alkyl carbamates (subject to hydrolysis) is 1. The number of carbonyl (C=O) groups is 5. The van der Waals surface area contributed by atoms with Crippen molar-refractivity contribution in [3.8, 4) is 0 Å². The minimum absolute atomic E-state index is 0.0270. The van der Waals surface area contributed by atoms with Gasteiger partial charge in [0.1, 0.15) is 18.7 Å². The third-order valence-electron chi connectivity index (χ3n) is 7.84. The highest BCUT2D eigenvalue weighted by Crippen LogP contribution is 2.18. The fourth-order valence-electron chi connectivity index (χ4n) is 5.05. The van der Waals surface area contributed by atoms with Gasteiger partial charge in [-0.3, -0.25) is 19.2 Å². The lowest BCUT2D eigenvalue weighted by molar-refractivity contribution is -0.143. The van der Waals surface area contributed by atoms with Gasteiger partial charge in [-0.05, 0) is 40.2 Å². The Kier molecular flexibility index (Phi) is 13.3. The number of ether oxygens (including phenoxy) is 1. The van der Waals surface area contributed by atoms with Crippen molar-refractivity contribution in [3.05, 3.63) is 83.9 Å². The van der Waals surface area contributed by atoms with Crippen LogP contribution in [0.25, 0.3) is 10.8 Å². The standard InChI is InChI=1S/C36H46N4O6/c1-7-24(4)31(39-33(42)29(19-23(2)3)38-36(45)46-22-25-13-9-8-10-14-25)32(41)34(43)37-30(35(44)40(5)6)21-26-17-18-27-15-11-12-16-28(27)20-26/h8-18,20,23-24,29-31H,7,19,21-22H2,1-6H3,(H,37,43)(H,38,45)(H,39,42). The van der Waals surface area contributed by atoms with Crippen molar-refractivity contribution in [2.75, 3.05) is 14.1 Å². The van der Waals surface area contributed by atoms with Gasteiger partial charge in [0.25, 0.3) is 5.91 Å². The van der Waals surface area contributed by atoms with Gasteiger partial charge < -0.3 is 25.6 Å². The van der Waals surface area contributed by atoms with Crippen molar-refractivity contribution in [1.82, 2.24) is 20.9 Å². The van der Waals surface area contributed by atoms with Crippen molar-refractivity contribution in [2.24, 2.45) is 11.8 Å². The highest BCUT2D eigenvalue weighted by atomic mass is 16.5. The number of benzene rings is 3. The van der Waals surface area contributed by atoms with Crippen LogP contribution in [0, 0.1) is 11.8 Å². The Balaban J connectivity index is 1.74. The Hall–Kier alpha value is -4.73. The SMILES string of the molecule is CCC(C)C(NC(=O)C(CC(C)C)NC(=O)OCc1ccccc1)C(=O)C(=O)NC(Cc1ccc2ccccc2c1)C(=O)N(C)C. The van der Waals surface area contributed by atoms with E-state index in [1.54, 1.807) is 21.0 Å². The number of fused-ring (bicyclic) bond motifs is 1. The van der Waals surface area contributed by atoms with E-state index >= 15 is 0 Å². The lowest BCUT2D eigenvalue weighted by Gasteiger charge is -2.27. The number of carbonyl (C=O) groups excluding carboxylic acids is 5. The number of ketones is 1. The minimum Gasteiger partial charge on any atom is -0.445 e. The lowest BCUT2D eigenvalue weighted by atomic mass is 9.93. The maximum Gasteiger partial charge on any atom is 0.408 e. The van der Waals surface area contributed by atoms with Crippen molar-refractivity contribution in [1.29, 1.82) is 0 Å². The zero-order chi connectivity index (χ0) is 33.8. The van der Waals surface area contributed by atoms with Gasteiger partial charge in [-0.25, -0.2) is 4.79 Å². The molecule has 0 saturated carbocycles. The largest absolute Gasteiger partial charge is 0.445 e. The molecule has 4 amide bonds. The molecule has 10 heteroatoms. The first-order chi connectivity index (χ1) is 21.9. The van der Waals surface area contributed by atoms with Crippen LogP contribution in [0.2, 0.25) is 0 Å². The average molecular weight is 631 g/mol. The molecule has 3 rings (SSSR count). The molecule has 0 aromatic heterocycles. The van der Waals surface area contributed by atoms with Crippen LogP contribution in [0.15, 0.2) is 72.8 Å². The maximum absolute atomic E-state index is 13.6. The van der Waals surface area contributed by atoms with E-state index in [-0.39, 0.29) is 31.3 Å². The van der Waals surface area contributed by atoms with Crippen molar-refractivity contribution >= 4 is 40.4 Å². The Morgan fingerprint density at radius 2 is 1.41 bits per heavy atom. The maximum atomic E-state index is 13.6. The number of hydrogen-bond acceptors (Lipinski definition) is 6. The molecule has 0 aliphatic rings. The van der Waals surface area contributed by atoms with E-state index in [1.165, 1.54) is 4.90 Å². The fraction of sp³-hybridized carbons (Fsp3) is 0.417. The molecule has 3 N–H and O–H groups in total. The Morgan fingerprint density at radius 1 is 0.761 bits per heavy atom. The van der Waals surface area contributed by atoms with Crippen molar-refractivity contribution in [3.63, 3.8) is 0 Å². The molecule has 246 valence electrons. The molecule has 0 bridgehead atoms. The van der Waals surface area contributed by atoms with Crippen LogP contribution in [0.3, 0.4) is 0 Å². The number of nitrogens with zero attached hydrogens (tertiary/aromatic N) is 1. The van der Waals surface area contributed by atoms with Crippen LogP contribution in [-0.4, -0.2) is 66.7 Å². The molecule has 0 heterocycles. The molecule has 0 fully saturated rings. The number of Topliss-reactive ketones (excluding diaryl/α,β-unsaturated/α-hetero) is 1. The molecular formula is C36H46N4O6. The number of amides is 4. The van der Waals surface area contributed by atoms with Gasteiger partial charge in [0.2, 0.25) is 17.6 Å². The second-order valence-electron chi connectivity index (χ2n) is 12.3. The summed E-state index contributed by atoms with van der Waals surface area (Å²) < 4.78 is 5.31. The van der Waals surface area contributed by atoms with E-state index in [0.29, 0.717) is 6.42 Å². The van der Waals surface area contributed by atoms with Gasteiger partial charge in [-0.1, -0.05) is 107 Å². The number of hydrogen-bond donors (Lipinski definition) is 3. The van der Waals surface area contributed by atoms with E-state index in [4.69, 9.17) is 4.74 Å². The van der Waals surface area contributed by atoms with Crippen LogP contribution >= 0.6 is 0 Å². The highest BCUT2D eigenvalue weighted by Gasteiger charge is 2.35. The molecule has 0 radical (unpaired) electrons. The number of likely N-dealkylation sites (N-methyl/N-ethyl adjacent to an activating group) is 1. The molecule has 3 aromatic carbocycles. The summed E-state index contributed by atoms with van der Waals surface area (Å²) in [6.07, 6.45) is 0.174. The molecule has 0 aliphatic heterocycles. The van der Waals surface area contributed by atoms with Gasteiger partial charge in [0, 0.05) is 20.5 Å². The zero-order valence-electron chi connectivity index (χ0n) is 27.5. The lowest BCUT2D eigenvalue weighted by Crippen LogP contribution is -2.58. The Labute approximate surface area is 271 Å². The van der Waals surface area contributed by atoms with Crippen LogP contribution in [0.4, 0.5) is 4.79 Å². The highest BCUT2D eigenvalue weighted by molar-refractivity contribution is 6.39. The third kappa shape index (κ3) is 10.4. The monoisotopic (exact) mass is 630 g/mol. The van der Waals surface area contributed by atoms with E-state index in [9.17, 15) is 24.0 Å². The summed E-state index contributed by atoms with van der Waals surface area (Å²) in [6.45, 7) is 7.44. The predicted octanol–water partition coefficient (Wildman–Crippen LogP) is 4.40. The summed E-state index contributed by atoms with van der Waals surface area (Å²) in [4.78, 5) is 67.6. The van der Waals surface area contributed by atoms with E-state index in [2.05, 4.69) is 16.0 Å². The van der Waals surface area contributed by atoms with Crippen LogP contribution in [0.5, 0.6) is 0 Å². The van der Waals surface area contributed by atoms with Crippen molar-refractivity contribution < 1.29 is 28.7 Å². The second-order valence-corrected chi connectivity index (χ2v) is 12.3. The van der Waals surface area contributed by atoms with Gasteiger partial charge >= 0.3 is 6.09 Å².